The summed E-state index contributed by atoms with van der Waals surface area (Å²) in [6, 6.07) is 17.3. The predicted molar refractivity (Wildman–Crippen MR) is 149 cm³/mol. The van der Waals surface area contributed by atoms with Gasteiger partial charge in [0.1, 0.15) is 22.6 Å². The second-order valence-corrected chi connectivity index (χ2v) is 11.9. The largest absolute Gasteiger partial charge is 0.487 e. The van der Waals surface area contributed by atoms with Crippen molar-refractivity contribution in [3.63, 3.8) is 0 Å². The Kier molecular flexibility index (Phi) is 8.58. The van der Waals surface area contributed by atoms with Gasteiger partial charge in [0.2, 0.25) is 10.0 Å². The van der Waals surface area contributed by atoms with Crippen LogP contribution in [0, 0.1) is 18.7 Å². The minimum Gasteiger partial charge on any atom is -0.487 e. The fraction of sp³-hybridized carbons (Fsp3) is 0.345. The number of aliphatic hydroxyl groups excluding tert-OH is 1. The third-order valence-electron chi connectivity index (χ3n) is 6.95. The summed E-state index contributed by atoms with van der Waals surface area (Å²) < 4.78 is 48.4. The molecule has 0 spiro atoms. The summed E-state index contributed by atoms with van der Waals surface area (Å²) in [6.07, 6.45) is -0.565. The van der Waals surface area contributed by atoms with Gasteiger partial charge in [-0.3, -0.25) is 0 Å². The van der Waals surface area contributed by atoms with Crippen LogP contribution in [0.15, 0.2) is 71.6 Å². The maximum Gasteiger partial charge on any atom is 0.321 e. The number of carbonyl (C=O) groups is 1. The molecule has 0 saturated heterocycles. The highest BCUT2D eigenvalue weighted by molar-refractivity contribution is 7.89. The molecule has 0 bridgehead atoms. The monoisotopic (exact) mass is 555 g/mol. The van der Waals surface area contributed by atoms with Crippen LogP contribution in [-0.4, -0.2) is 67.7 Å². The van der Waals surface area contributed by atoms with Crippen LogP contribution in [-0.2, 0) is 10.0 Å². The number of amides is 2. The van der Waals surface area contributed by atoms with Crippen LogP contribution < -0.4 is 10.1 Å². The van der Waals surface area contributed by atoms with E-state index < -0.39 is 34.0 Å². The summed E-state index contributed by atoms with van der Waals surface area (Å²) in [5, 5.41) is 12.6. The smallest absolute Gasteiger partial charge is 0.321 e. The first kappa shape index (κ1) is 28.5. The van der Waals surface area contributed by atoms with Crippen LogP contribution in [0.4, 0.5) is 14.9 Å². The SMILES string of the molecule is Cc1ccc(-c2ccc3c(c2)O[C@H](CN(C)C(=O)Nc2ccc(F)cc2)[C@@H](C)CN([C@@H](C)CO)S3(=O)=O)cc1. The van der Waals surface area contributed by atoms with Crippen LogP contribution in [0.2, 0.25) is 0 Å². The molecule has 3 aromatic rings. The van der Waals surface area contributed by atoms with Gasteiger partial charge in [0.15, 0.2) is 0 Å². The molecule has 4 rings (SSSR count). The summed E-state index contributed by atoms with van der Waals surface area (Å²) in [4.78, 5) is 14.3. The molecule has 3 aromatic carbocycles. The number of urea groups is 1. The van der Waals surface area contributed by atoms with Crippen molar-refractivity contribution in [3.05, 3.63) is 78.1 Å². The Morgan fingerprint density at radius 1 is 1.13 bits per heavy atom. The zero-order valence-corrected chi connectivity index (χ0v) is 23.3. The summed E-state index contributed by atoms with van der Waals surface area (Å²) in [6.45, 7) is 5.42. The van der Waals surface area contributed by atoms with E-state index in [1.165, 1.54) is 39.5 Å². The third-order valence-corrected chi connectivity index (χ3v) is 8.97. The molecule has 208 valence electrons. The molecule has 1 heterocycles. The molecule has 0 unspecified atom stereocenters. The lowest BCUT2D eigenvalue weighted by molar-refractivity contribution is 0.0830. The molecule has 3 atom stereocenters. The maximum absolute atomic E-state index is 13.7. The summed E-state index contributed by atoms with van der Waals surface area (Å²) in [5.74, 6) is -0.545. The number of carbonyl (C=O) groups excluding carboxylic acids is 1. The zero-order chi connectivity index (χ0) is 28.3. The number of fused-ring (bicyclic) bond motifs is 1. The number of ether oxygens (including phenoxy) is 1. The van der Waals surface area contributed by atoms with E-state index in [1.807, 2.05) is 38.1 Å². The molecule has 1 aliphatic rings. The van der Waals surface area contributed by atoms with Gasteiger partial charge in [0, 0.05) is 31.2 Å². The summed E-state index contributed by atoms with van der Waals surface area (Å²) in [5.41, 5.74) is 3.25. The molecule has 39 heavy (non-hydrogen) atoms. The number of nitrogens with one attached hydrogen (secondary N) is 1. The van der Waals surface area contributed by atoms with Crippen molar-refractivity contribution in [2.24, 2.45) is 5.92 Å². The molecule has 2 amide bonds. The van der Waals surface area contributed by atoms with Crippen molar-refractivity contribution in [2.75, 3.05) is 32.1 Å². The van der Waals surface area contributed by atoms with Gasteiger partial charge >= 0.3 is 6.03 Å². The lowest BCUT2D eigenvalue weighted by Gasteiger charge is -2.37. The van der Waals surface area contributed by atoms with Crippen molar-refractivity contribution < 1.29 is 27.4 Å². The Morgan fingerprint density at radius 3 is 2.41 bits per heavy atom. The molecule has 0 aliphatic carbocycles. The fourth-order valence-corrected chi connectivity index (χ4v) is 6.30. The Bertz CT molecular complexity index is 1410. The molecule has 0 saturated carbocycles. The number of anilines is 1. The van der Waals surface area contributed by atoms with E-state index in [0.29, 0.717) is 5.69 Å². The number of rotatable bonds is 6. The average Bonchev–Trinajstić information content (AvgIpc) is 2.91. The van der Waals surface area contributed by atoms with Gasteiger partial charge < -0.3 is 20.1 Å². The van der Waals surface area contributed by atoms with E-state index in [4.69, 9.17) is 4.74 Å². The van der Waals surface area contributed by atoms with Gasteiger partial charge in [-0.25, -0.2) is 17.6 Å². The second kappa shape index (κ2) is 11.7. The minimum atomic E-state index is -3.98. The standard InChI is InChI=1S/C29H34FN3O5S/c1-19-5-7-22(8-6-19)23-9-14-28-26(15-23)38-27(20(2)16-33(21(3)18-34)39(28,36)37)17-32(4)29(35)31-25-12-10-24(30)11-13-25/h5-15,20-21,27,34H,16-18H2,1-4H3,(H,31,35)/t20-,21-,27+/m0/s1. The molecule has 2 N–H and O–H groups in total. The molecule has 0 aromatic heterocycles. The highest BCUT2D eigenvalue weighted by Gasteiger charge is 2.38. The second-order valence-electron chi connectivity index (χ2n) is 10.1. The number of hydrogen-bond acceptors (Lipinski definition) is 5. The lowest BCUT2D eigenvalue weighted by Crippen LogP contribution is -2.50. The Morgan fingerprint density at radius 2 is 1.77 bits per heavy atom. The Hall–Kier alpha value is -3.47. The summed E-state index contributed by atoms with van der Waals surface area (Å²) >= 11 is 0. The fourth-order valence-electron chi connectivity index (χ4n) is 4.47. The summed E-state index contributed by atoms with van der Waals surface area (Å²) in [7, 11) is -2.37. The predicted octanol–water partition coefficient (Wildman–Crippen LogP) is 4.73. The number of sulfonamides is 1. The van der Waals surface area contributed by atoms with Crippen LogP contribution in [0.3, 0.4) is 0 Å². The first-order valence-corrected chi connectivity index (χ1v) is 14.2. The van der Waals surface area contributed by atoms with E-state index in [-0.39, 0.29) is 36.3 Å². The van der Waals surface area contributed by atoms with E-state index in [1.54, 1.807) is 26.1 Å². The molecule has 0 radical (unpaired) electrons. The molecule has 0 fully saturated rings. The van der Waals surface area contributed by atoms with Crippen molar-refractivity contribution in [1.82, 2.24) is 9.21 Å². The average molecular weight is 556 g/mol. The molecule has 8 nitrogen and oxygen atoms in total. The number of halogens is 1. The van der Waals surface area contributed by atoms with Crippen molar-refractivity contribution in [3.8, 4) is 16.9 Å². The molecular weight excluding hydrogens is 521 g/mol. The van der Waals surface area contributed by atoms with Gasteiger partial charge in [-0.1, -0.05) is 42.8 Å². The Labute approximate surface area is 229 Å². The zero-order valence-electron chi connectivity index (χ0n) is 22.5. The van der Waals surface area contributed by atoms with Gasteiger partial charge in [-0.2, -0.15) is 4.31 Å². The van der Waals surface area contributed by atoms with Crippen LogP contribution in [0.25, 0.3) is 11.1 Å². The highest BCUT2D eigenvalue weighted by Crippen LogP contribution is 2.36. The van der Waals surface area contributed by atoms with Crippen molar-refractivity contribution >= 4 is 21.7 Å². The van der Waals surface area contributed by atoms with Crippen molar-refractivity contribution in [1.29, 1.82) is 0 Å². The van der Waals surface area contributed by atoms with E-state index in [0.717, 1.165) is 16.7 Å². The molecule has 10 heteroatoms. The normalized spacial score (nSPS) is 19.6. The number of nitrogens with zero attached hydrogens (tertiary/aromatic N) is 2. The van der Waals surface area contributed by atoms with Crippen LogP contribution >= 0.6 is 0 Å². The van der Waals surface area contributed by atoms with Gasteiger partial charge in [-0.15, -0.1) is 0 Å². The van der Waals surface area contributed by atoms with Crippen molar-refractivity contribution in [2.45, 2.75) is 37.8 Å². The van der Waals surface area contributed by atoms with E-state index in [9.17, 15) is 22.7 Å². The number of hydrogen-bond donors (Lipinski definition) is 2. The first-order valence-electron chi connectivity index (χ1n) is 12.8. The lowest BCUT2D eigenvalue weighted by atomic mass is 10.0. The maximum atomic E-state index is 13.7. The number of benzene rings is 3. The highest BCUT2D eigenvalue weighted by atomic mass is 32.2. The number of likely N-dealkylation sites (N-methyl/N-ethyl adjacent to an activating group) is 1. The van der Waals surface area contributed by atoms with E-state index >= 15 is 0 Å². The first-order chi connectivity index (χ1) is 18.5. The minimum absolute atomic E-state index is 0.00831. The van der Waals surface area contributed by atoms with Gasteiger partial charge in [-0.05, 0) is 61.4 Å². The van der Waals surface area contributed by atoms with Gasteiger partial charge in [0.05, 0.1) is 13.2 Å². The van der Waals surface area contributed by atoms with Crippen LogP contribution in [0.5, 0.6) is 5.75 Å². The third kappa shape index (κ3) is 6.41. The molecule has 1 aliphatic heterocycles. The topological polar surface area (TPSA) is 99.2 Å². The number of aryl methyl sites for hydroxylation is 1. The Balaban J connectivity index is 1.68. The van der Waals surface area contributed by atoms with Gasteiger partial charge in [0.25, 0.3) is 0 Å². The number of aliphatic hydroxyl groups is 1. The quantitative estimate of drug-likeness (QED) is 0.458. The molecular formula is C29H34FN3O5S. The van der Waals surface area contributed by atoms with E-state index in [2.05, 4.69) is 5.32 Å². The van der Waals surface area contributed by atoms with Crippen LogP contribution in [0.1, 0.15) is 19.4 Å².